The van der Waals surface area contributed by atoms with Crippen molar-refractivity contribution < 1.29 is 9.53 Å². The third kappa shape index (κ3) is 19.0. The van der Waals surface area contributed by atoms with Crippen LogP contribution in [0, 0.1) is 0 Å². The zero-order valence-electron chi connectivity index (χ0n) is 15.4. The van der Waals surface area contributed by atoms with Crippen molar-refractivity contribution in [2.45, 2.75) is 96.8 Å². The van der Waals surface area contributed by atoms with Gasteiger partial charge in [-0.15, -0.1) is 6.58 Å². The molecular formula is C20H39NO2. The van der Waals surface area contributed by atoms with Crippen LogP contribution in [0.1, 0.15) is 96.8 Å². The Morgan fingerprint density at radius 3 is 1.70 bits per heavy atom. The standard InChI is InChI=1S/C20H39NO2/c1-3-5-6-7-8-9-10-11-12-13-14-15-16-17-19-23-20(22)21-18-4-2/h4H,2-3,5-19H2,1H3,(H,21,22). The van der Waals surface area contributed by atoms with Gasteiger partial charge in [0.25, 0.3) is 0 Å². The number of carbonyl (C=O) groups excluding carboxylic acids is 1. The van der Waals surface area contributed by atoms with Crippen molar-refractivity contribution in [2.24, 2.45) is 0 Å². The van der Waals surface area contributed by atoms with E-state index in [-0.39, 0.29) is 6.09 Å². The third-order valence-corrected chi connectivity index (χ3v) is 4.12. The number of nitrogens with one attached hydrogen (secondary N) is 1. The first kappa shape index (κ1) is 22.0. The first-order valence-electron chi connectivity index (χ1n) is 9.82. The summed E-state index contributed by atoms with van der Waals surface area (Å²) in [5.74, 6) is 0. The van der Waals surface area contributed by atoms with E-state index in [1.54, 1.807) is 6.08 Å². The van der Waals surface area contributed by atoms with Crippen molar-refractivity contribution in [3.63, 3.8) is 0 Å². The van der Waals surface area contributed by atoms with E-state index in [0.29, 0.717) is 13.2 Å². The Kier molecular flexibility index (Phi) is 18.2. The first-order valence-corrected chi connectivity index (χ1v) is 9.82. The quantitative estimate of drug-likeness (QED) is 0.249. The van der Waals surface area contributed by atoms with Gasteiger partial charge in [0.15, 0.2) is 0 Å². The highest BCUT2D eigenvalue weighted by molar-refractivity contribution is 5.67. The van der Waals surface area contributed by atoms with Crippen LogP contribution in [0.3, 0.4) is 0 Å². The third-order valence-electron chi connectivity index (χ3n) is 4.12. The van der Waals surface area contributed by atoms with Crippen molar-refractivity contribution in [3.05, 3.63) is 12.7 Å². The molecule has 0 heterocycles. The zero-order chi connectivity index (χ0) is 17.0. The predicted octanol–water partition coefficient (Wildman–Crippen LogP) is 6.38. The molecule has 0 aromatic carbocycles. The number of rotatable bonds is 17. The van der Waals surface area contributed by atoms with Crippen LogP contribution in [-0.2, 0) is 4.74 Å². The number of unbranched alkanes of at least 4 members (excludes halogenated alkanes) is 13. The Balaban J connectivity index is 3.05. The van der Waals surface area contributed by atoms with Crippen molar-refractivity contribution >= 4 is 6.09 Å². The molecule has 0 radical (unpaired) electrons. The van der Waals surface area contributed by atoms with Gasteiger partial charge >= 0.3 is 6.09 Å². The number of alkyl carbamates (subject to hydrolysis) is 1. The lowest BCUT2D eigenvalue weighted by Gasteiger charge is -2.05. The summed E-state index contributed by atoms with van der Waals surface area (Å²) >= 11 is 0. The minimum atomic E-state index is -0.334. The van der Waals surface area contributed by atoms with Crippen molar-refractivity contribution in [1.29, 1.82) is 0 Å². The van der Waals surface area contributed by atoms with Crippen LogP contribution in [0.15, 0.2) is 12.7 Å². The number of amides is 1. The Morgan fingerprint density at radius 1 is 0.826 bits per heavy atom. The number of ether oxygens (including phenoxy) is 1. The van der Waals surface area contributed by atoms with Gasteiger partial charge in [0.1, 0.15) is 0 Å². The summed E-state index contributed by atoms with van der Waals surface area (Å²) in [7, 11) is 0. The molecule has 0 fully saturated rings. The molecule has 136 valence electrons. The van der Waals surface area contributed by atoms with E-state index in [4.69, 9.17) is 4.74 Å². The monoisotopic (exact) mass is 325 g/mol. The molecule has 0 aromatic heterocycles. The molecule has 0 aliphatic rings. The summed E-state index contributed by atoms with van der Waals surface area (Å²) < 4.78 is 5.05. The Labute approximate surface area is 144 Å². The summed E-state index contributed by atoms with van der Waals surface area (Å²) in [6.07, 6.45) is 20.0. The van der Waals surface area contributed by atoms with Gasteiger partial charge in [-0.3, -0.25) is 0 Å². The fourth-order valence-electron chi connectivity index (χ4n) is 2.67. The van der Waals surface area contributed by atoms with Gasteiger partial charge in [-0.25, -0.2) is 4.79 Å². The maximum atomic E-state index is 11.2. The van der Waals surface area contributed by atoms with Gasteiger partial charge in [0, 0.05) is 6.54 Å². The topological polar surface area (TPSA) is 38.3 Å². The molecule has 0 spiro atoms. The molecule has 1 N–H and O–H groups in total. The second-order valence-electron chi connectivity index (χ2n) is 6.40. The molecule has 0 aliphatic carbocycles. The van der Waals surface area contributed by atoms with E-state index >= 15 is 0 Å². The summed E-state index contributed by atoms with van der Waals surface area (Å²) in [5.41, 5.74) is 0. The number of hydrogen-bond acceptors (Lipinski definition) is 2. The van der Waals surface area contributed by atoms with E-state index < -0.39 is 0 Å². The molecule has 0 aliphatic heterocycles. The molecule has 0 atom stereocenters. The average Bonchev–Trinajstić information content (AvgIpc) is 2.56. The van der Waals surface area contributed by atoms with E-state index in [2.05, 4.69) is 18.8 Å². The SMILES string of the molecule is C=CCNC(=O)OCCCCCCCCCCCCCCCC. The van der Waals surface area contributed by atoms with Crippen LogP contribution >= 0.6 is 0 Å². The van der Waals surface area contributed by atoms with Crippen LogP contribution in [-0.4, -0.2) is 19.2 Å². The number of hydrogen-bond donors (Lipinski definition) is 1. The van der Waals surface area contributed by atoms with Crippen LogP contribution in [0.2, 0.25) is 0 Å². The highest BCUT2D eigenvalue weighted by Crippen LogP contribution is 2.12. The summed E-state index contributed by atoms with van der Waals surface area (Å²) in [4.78, 5) is 11.2. The molecule has 3 nitrogen and oxygen atoms in total. The smallest absolute Gasteiger partial charge is 0.407 e. The first-order chi connectivity index (χ1) is 11.3. The van der Waals surface area contributed by atoms with Gasteiger partial charge in [0.2, 0.25) is 0 Å². The Hall–Kier alpha value is -0.990. The van der Waals surface area contributed by atoms with Crippen LogP contribution in [0.4, 0.5) is 4.79 Å². The lowest BCUT2D eigenvalue weighted by molar-refractivity contribution is 0.145. The van der Waals surface area contributed by atoms with Gasteiger partial charge in [-0.05, 0) is 6.42 Å². The van der Waals surface area contributed by atoms with Gasteiger partial charge in [-0.2, -0.15) is 0 Å². The summed E-state index contributed by atoms with van der Waals surface area (Å²) in [5, 5.41) is 2.60. The van der Waals surface area contributed by atoms with Crippen LogP contribution in [0.25, 0.3) is 0 Å². The maximum absolute atomic E-state index is 11.2. The number of carbonyl (C=O) groups is 1. The fourth-order valence-corrected chi connectivity index (χ4v) is 2.67. The van der Waals surface area contributed by atoms with E-state index in [9.17, 15) is 4.79 Å². The molecule has 0 saturated carbocycles. The van der Waals surface area contributed by atoms with Gasteiger partial charge in [-0.1, -0.05) is 96.5 Å². The lowest BCUT2D eigenvalue weighted by Crippen LogP contribution is -2.24. The van der Waals surface area contributed by atoms with Crippen molar-refractivity contribution in [3.8, 4) is 0 Å². The minimum absolute atomic E-state index is 0.334. The normalized spacial score (nSPS) is 10.5. The molecule has 23 heavy (non-hydrogen) atoms. The largest absolute Gasteiger partial charge is 0.450 e. The van der Waals surface area contributed by atoms with E-state index in [0.717, 1.165) is 12.8 Å². The Morgan fingerprint density at radius 2 is 1.26 bits per heavy atom. The minimum Gasteiger partial charge on any atom is -0.450 e. The van der Waals surface area contributed by atoms with Crippen LogP contribution < -0.4 is 5.32 Å². The predicted molar refractivity (Wildman–Crippen MR) is 99.9 cm³/mol. The highest BCUT2D eigenvalue weighted by Gasteiger charge is 1.99. The molecule has 3 heteroatoms. The van der Waals surface area contributed by atoms with Gasteiger partial charge in [0.05, 0.1) is 6.61 Å². The average molecular weight is 326 g/mol. The van der Waals surface area contributed by atoms with Gasteiger partial charge < -0.3 is 10.1 Å². The molecule has 0 aromatic rings. The van der Waals surface area contributed by atoms with Crippen molar-refractivity contribution in [2.75, 3.05) is 13.2 Å². The molecule has 0 bridgehead atoms. The van der Waals surface area contributed by atoms with Crippen molar-refractivity contribution in [1.82, 2.24) is 5.32 Å². The fraction of sp³-hybridized carbons (Fsp3) is 0.850. The highest BCUT2D eigenvalue weighted by atomic mass is 16.5. The zero-order valence-corrected chi connectivity index (χ0v) is 15.4. The molecule has 0 unspecified atom stereocenters. The molecule has 0 rings (SSSR count). The molecule has 0 saturated heterocycles. The van der Waals surface area contributed by atoms with E-state index in [1.165, 1.54) is 77.0 Å². The Bertz CT molecular complexity index is 266. The molecular weight excluding hydrogens is 286 g/mol. The summed E-state index contributed by atoms with van der Waals surface area (Å²) in [6.45, 7) is 6.81. The molecule has 1 amide bonds. The van der Waals surface area contributed by atoms with E-state index in [1.807, 2.05) is 0 Å². The van der Waals surface area contributed by atoms with Crippen LogP contribution in [0.5, 0.6) is 0 Å². The lowest BCUT2D eigenvalue weighted by atomic mass is 10.0. The maximum Gasteiger partial charge on any atom is 0.407 e. The second kappa shape index (κ2) is 19.1. The summed E-state index contributed by atoms with van der Waals surface area (Å²) in [6, 6.07) is 0. The second-order valence-corrected chi connectivity index (χ2v) is 6.40.